The van der Waals surface area contributed by atoms with Gasteiger partial charge in [0.2, 0.25) is 5.91 Å². The first-order valence-electron chi connectivity index (χ1n) is 8.59. The summed E-state index contributed by atoms with van der Waals surface area (Å²) in [4.78, 5) is 28.1. The van der Waals surface area contributed by atoms with Gasteiger partial charge in [-0.15, -0.1) is 22.7 Å². The number of nitrogens with one attached hydrogen (secondary N) is 1. The quantitative estimate of drug-likeness (QED) is 0.725. The van der Waals surface area contributed by atoms with Crippen molar-refractivity contribution in [2.75, 3.05) is 13.1 Å². The van der Waals surface area contributed by atoms with Crippen LogP contribution in [0.4, 0.5) is 4.79 Å². The molecule has 3 amide bonds. The van der Waals surface area contributed by atoms with Gasteiger partial charge in [0.25, 0.3) is 0 Å². The van der Waals surface area contributed by atoms with Gasteiger partial charge in [-0.05, 0) is 47.7 Å². The molecular weight excluding hydrogens is 354 g/mol. The average molecular weight is 378 g/mol. The Bertz CT molecular complexity index is 712. The highest BCUT2D eigenvalue weighted by Gasteiger charge is 2.32. The Morgan fingerprint density at radius 1 is 1.20 bits per heavy atom. The summed E-state index contributed by atoms with van der Waals surface area (Å²) >= 11 is 3.51. The molecule has 0 unspecified atom stereocenters. The summed E-state index contributed by atoms with van der Waals surface area (Å²) < 4.78 is 0. The van der Waals surface area contributed by atoms with Gasteiger partial charge in [0, 0.05) is 29.3 Å². The first kappa shape index (κ1) is 17.9. The molecule has 3 heterocycles. The third-order valence-electron chi connectivity index (χ3n) is 4.47. The zero-order chi connectivity index (χ0) is 17.6. The molecule has 0 aromatic carbocycles. The van der Waals surface area contributed by atoms with Crippen LogP contribution < -0.4 is 11.1 Å². The Balaban J connectivity index is 1.59. The van der Waals surface area contributed by atoms with Crippen molar-refractivity contribution in [3.8, 4) is 0 Å². The maximum atomic E-state index is 12.8. The molecule has 0 aliphatic carbocycles. The first-order valence-corrected chi connectivity index (χ1v) is 10.3. The Labute approximate surface area is 155 Å². The van der Waals surface area contributed by atoms with E-state index in [0.717, 1.165) is 32.2 Å². The number of amides is 3. The van der Waals surface area contributed by atoms with E-state index in [1.54, 1.807) is 22.7 Å². The maximum Gasteiger partial charge on any atom is 0.312 e. The number of hydrogen-bond donors (Lipinski definition) is 2. The molecule has 0 radical (unpaired) electrons. The van der Waals surface area contributed by atoms with Crippen LogP contribution in [0.15, 0.2) is 29.0 Å². The number of unbranched alkanes of at least 4 members (excludes halogenated alkanes) is 2. The molecule has 3 rings (SSSR count). The average Bonchev–Trinajstić information content (AvgIpc) is 3.27. The number of primary amides is 1. The Morgan fingerprint density at radius 3 is 2.84 bits per heavy atom. The van der Waals surface area contributed by atoms with E-state index in [4.69, 9.17) is 5.73 Å². The van der Waals surface area contributed by atoms with Gasteiger partial charge >= 0.3 is 6.03 Å². The van der Waals surface area contributed by atoms with Crippen molar-refractivity contribution in [2.24, 2.45) is 5.73 Å². The fourth-order valence-electron chi connectivity index (χ4n) is 3.27. The zero-order valence-corrected chi connectivity index (χ0v) is 15.7. The Hall–Kier alpha value is -1.86. The van der Waals surface area contributed by atoms with E-state index in [9.17, 15) is 9.59 Å². The highest BCUT2D eigenvalue weighted by molar-refractivity contribution is 7.10. The normalized spacial score (nSPS) is 16.5. The van der Waals surface area contributed by atoms with Gasteiger partial charge in [-0.25, -0.2) is 4.79 Å². The van der Waals surface area contributed by atoms with E-state index >= 15 is 0 Å². The molecule has 0 spiro atoms. The van der Waals surface area contributed by atoms with Gasteiger partial charge in [0.1, 0.15) is 0 Å². The van der Waals surface area contributed by atoms with Crippen molar-refractivity contribution in [3.63, 3.8) is 0 Å². The molecule has 0 fully saturated rings. The van der Waals surface area contributed by atoms with Gasteiger partial charge in [0.15, 0.2) is 0 Å². The zero-order valence-electron chi connectivity index (χ0n) is 14.1. The van der Waals surface area contributed by atoms with Crippen LogP contribution in [0.25, 0.3) is 0 Å². The van der Waals surface area contributed by atoms with Crippen LogP contribution in [0.1, 0.15) is 47.0 Å². The predicted molar refractivity (Wildman–Crippen MR) is 102 cm³/mol. The van der Waals surface area contributed by atoms with Crippen molar-refractivity contribution in [1.29, 1.82) is 0 Å². The molecule has 0 saturated carbocycles. The van der Waals surface area contributed by atoms with Crippen LogP contribution in [0.5, 0.6) is 0 Å². The lowest BCUT2D eigenvalue weighted by Crippen LogP contribution is -2.39. The molecule has 5 nitrogen and oxygen atoms in total. The molecule has 1 atom stereocenters. The fourth-order valence-corrected chi connectivity index (χ4v) is 5.03. The number of urea groups is 1. The minimum atomic E-state index is -0.491. The van der Waals surface area contributed by atoms with Gasteiger partial charge in [-0.1, -0.05) is 12.5 Å². The lowest BCUT2D eigenvalue weighted by molar-refractivity contribution is -0.133. The lowest BCUT2D eigenvalue weighted by Gasteiger charge is -2.35. The van der Waals surface area contributed by atoms with Crippen molar-refractivity contribution in [3.05, 3.63) is 44.3 Å². The molecular formula is C18H23N3O2S2. The number of thiophene rings is 2. The highest BCUT2D eigenvalue weighted by Crippen LogP contribution is 2.39. The number of hydrogen-bond acceptors (Lipinski definition) is 4. The van der Waals surface area contributed by atoms with E-state index in [2.05, 4.69) is 34.3 Å². The summed E-state index contributed by atoms with van der Waals surface area (Å²) in [7, 11) is 0. The van der Waals surface area contributed by atoms with E-state index in [1.807, 2.05) is 4.90 Å². The number of carbonyl (C=O) groups excluding carboxylic acids is 2. The van der Waals surface area contributed by atoms with Crippen LogP contribution in [-0.2, 0) is 11.2 Å². The van der Waals surface area contributed by atoms with Crippen molar-refractivity contribution < 1.29 is 9.59 Å². The van der Waals surface area contributed by atoms with Crippen molar-refractivity contribution in [2.45, 2.75) is 38.1 Å². The first-order chi connectivity index (χ1) is 12.2. The van der Waals surface area contributed by atoms with Crippen LogP contribution in [0.3, 0.4) is 0 Å². The molecule has 0 bridgehead atoms. The lowest BCUT2D eigenvalue weighted by atomic mass is 9.97. The second-order valence-electron chi connectivity index (χ2n) is 6.16. The molecule has 25 heavy (non-hydrogen) atoms. The van der Waals surface area contributed by atoms with E-state index in [0.29, 0.717) is 13.0 Å². The number of fused-ring (bicyclic) bond motifs is 1. The monoisotopic (exact) mass is 377 g/mol. The molecule has 1 aliphatic heterocycles. The predicted octanol–water partition coefficient (Wildman–Crippen LogP) is 3.51. The minimum absolute atomic E-state index is 0.0685. The van der Waals surface area contributed by atoms with Crippen molar-refractivity contribution >= 4 is 34.6 Å². The summed E-state index contributed by atoms with van der Waals surface area (Å²) in [5, 5.41) is 6.78. The Morgan fingerprint density at radius 2 is 2.08 bits per heavy atom. The topological polar surface area (TPSA) is 75.4 Å². The molecule has 0 saturated heterocycles. The molecule has 1 aliphatic rings. The third kappa shape index (κ3) is 4.41. The SMILES string of the molecule is NC(=O)NCCCCCC(=O)N1CCc2sccc2[C@@H]1c1cccs1. The number of carbonyl (C=O) groups is 2. The summed E-state index contributed by atoms with van der Waals surface area (Å²) in [5.74, 6) is 0.220. The number of nitrogens with two attached hydrogens (primary N) is 1. The number of nitrogens with zero attached hydrogens (tertiary/aromatic N) is 1. The largest absolute Gasteiger partial charge is 0.352 e. The standard InChI is InChI=1S/C18H23N3O2S2/c19-18(23)20-9-3-1-2-6-16(22)21-10-7-14-13(8-12-25-14)17(21)15-5-4-11-24-15/h4-5,8,11-12,17H,1-3,6-7,9-10H2,(H3,19,20,23)/t17-/m1/s1. The van der Waals surface area contributed by atoms with Crippen LogP contribution in [0, 0.1) is 0 Å². The molecule has 3 N–H and O–H groups in total. The van der Waals surface area contributed by atoms with Crippen LogP contribution in [-0.4, -0.2) is 29.9 Å². The Kier molecular flexibility index (Phi) is 6.09. The summed E-state index contributed by atoms with van der Waals surface area (Å²) in [6, 6.07) is 5.92. The third-order valence-corrected chi connectivity index (χ3v) is 6.39. The van der Waals surface area contributed by atoms with Crippen LogP contribution in [0.2, 0.25) is 0 Å². The van der Waals surface area contributed by atoms with Gasteiger partial charge in [-0.2, -0.15) is 0 Å². The van der Waals surface area contributed by atoms with Crippen LogP contribution >= 0.6 is 22.7 Å². The van der Waals surface area contributed by atoms with E-state index in [-0.39, 0.29) is 11.9 Å². The van der Waals surface area contributed by atoms with Gasteiger partial charge < -0.3 is 16.0 Å². The fraction of sp³-hybridized carbons (Fsp3) is 0.444. The molecule has 2 aromatic heterocycles. The molecule has 134 valence electrons. The molecule has 2 aromatic rings. The second kappa shape index (κ2) is 8.49. The number of rotatable bonds is 7. The van der Waals surface area contributed by atoms with E-state index < -0.39 is 6.03 Å². The second-order valence-corrected chi connectivity index (χ2v) is 8.14. The summed E-state index contributed by atoms with van der Waals surface area (Å²) in [6.07, 6.45) is 4.09. The van der Waals surface area contributed by atoms with Crippen molar-refractivity contribution in [1.82, 2.24) is 10.2 Å². The van der Waals surface area contributed by atoms with E-state index in [1.165, 1.54) is 15.3 Å². The summed E-state index contributed by atoms with van der Waals surface area (Å²) in [6.45, 7) is 1.36. The van der Waals surface area contributed by atoms with Gasteiger partial charge in [0.05, 0.1) is 6.04 Å². The highest BCUT2D eigenvalue weighted by atomic mass is 32.1. The summed E-state index contributed by atoms with van der Waals surface area (Å²) in [5.41, 5.74) is 6.33. The maximum absolute atomic E-state index is 12.8. The minimum Gasteiger partial charge on any atom is -0.352 e. The smallest absolute Gasteiger partial charge is 0.312 e. The van der Waals surface area contributed by atoms with Gasteiger partial charge in [-0.3, -0.25) is 4.79 Å². The molecule has 7 heteroatoms.